The first-order valence-electron chi connectivity index (χ1n) is 10.5. The van der Waals surface area contributed by atoms with Crippen LogP contribution in [0.3, 0.4) is 0 Å². The number of ether oxygens (including phenoxy) is 2. The molecule has 3 rings (SSSR count). The van der Waals surface area contributed by atoms with Crippen molar-refractivity contribution in [1.82, 2.24) is 9.88 Å². The fourth-order valence-corrected chi connectivity index (χ4v) is 3.41. The predicted octanol–water partition coefficient (Wildman–Crippen LogP) is 1.61. The van der Waals surface area contributed by atoms with Crippen LogP contribution in [0.25, 0.3) is 0 Å². The molecule has 0 spiro atoms. The molecule has 0 saturated heterocycles. The monoisotopic (exact) mass is 414 g/mol. The molecule has 2 N–H and O–H groups in total. The zero-order valence-corrected chi connectivity index (χ0v) is 17.2. The van der Waals surface area contributed by atoms with Crippen LogP contribution in [-0.4, -0.2) is 71.1 Å². The van der Waals surface area contributed by atoms with Crippen molar-refractivity contribution < 1.29 is 24.5 Å². The van der Waals surface area contributed by atoms with Crippen LogP contribution in [0, 0.1) is 0 Å². The van der Waals surface area contributed by atoms with Crippen LogP contribution < -0.4 is 4.74 Å². The number of para-hydroxylation sites is 1. The molecule has 1 aliphatic heterocycles. The van der Waals surface area contributed by atoms with Gasteiger partial charge < -0.3 is 24.6 Å². The molecule has 0 saturated carbocycles. The molecule has 0 unspecified atom stereocenters. The van der Waals surface area contributed by atoms with Gasteiger partial charge in [-0.05, 0) is 43.0 Å². The molecule has 1 aliphatic rings. The summed E-state index contributed by atoms with van der Waals surface area (Å²) < 4.78 is 11.5. The Balaban J connectivity index is 1.70. The van der Waals surface area contributed by atoms with Gasteiger partial charge in [-0.1, -0.05) is 24.3 Å². The highest BCUT2D eigenvalue weighted by Crippen LogP contribution is 2.20. The summed E-state index contributed by atoms with van der Waals surface area (Å²) in [6.07, 6.45) is 1.74. The smallest absolute Gasteiger partial charge is 0.228 e. The summed E-state index contributed by atoms with van der Waals surface area (Å²) >= 11 is 0. The molecule has 0 bridgehead atoms. The van der Waals surface area contributed by atoms with E-state index in [1.54, 1.807) is 11.1 Å². The van der Waals surface area contributed by atoms with Gasteiger partial charge in [-0.15, -0.1) is 0 Å². The second-order valence-corrected chi connectivity index (χ2v) is 7.44. The number of aliphatic hydroxyl groups excluding tert-OH is 2. The number of aliphatic hydroxyl groups is 2. The zero-order chi connectivity index (χ0) is 21.2. The van der Waals surface area contributed by atoms with Crippen molar-refractivity contribution >= 4 is 5.91 Å². The number of benzene rings is 1. The summed E-state index contributed by atoms with van der Waals surface area (Å²) in [6.45, 7) is 1.61. The van der Waals surface area contributed by atoms with E-state index in [1.807, 2.05) is 42.5 Å². The summed E-state index contributed by atoms with van der Waals surface area (Å²) in [7, 11) is 0. The highest BCUT2D eigenvalue weighted by Gasteiger charge is 2.21. The predicted molar refractivity (Wildman–Crippen MR) is 112 cm³/mol. The molecule has 1 amide bonds. The Labute approximate surface area is 177 Å². The quantitative estimate of drug-likeness (QED) is 0.776. The van der Waals surface area contributed by atoms with Gasteiger partial charge in [-0.25, -0.2) is 0 Å². The number of carbonyl (C=O) groups excluding carboxylic acids is 1. The van der Waals surface area contributed by atoms with E-state index in [2.05, 4.69) is 4.98 Å². The first-order chi connectivity index (χ1) is 14.6. The maximum Gasteiger partial charge on any atom is 0.228 e. The van der Waals surface area contributed by atoms with Gasteiger partial charge in [0.1, 0.15) is 18.5 Å². The minimum Gasteiger partial charge on any atom is -0.491 e. The van der Waals surface area contributed by atoms with Crippen LogP contribution in [0.1, 0.15) is 24.1 Å². The fraction of sp³-hybridized carbons (Fsp3) is 0.478. The van der Waals surface area contributed by atoms with Gasteiger partial charge in [-0.2, -0.15) is 0 Å². The molecule has 2 atom stereocenters. The van der Waals surface area contributed by atoms with E-state index in [0.717, 1.165) is 24.2 Å². The third-order valence-electron chi connectivity index (χ3n) is 5.16. The number of pyridine rings is 1. The van der Waals surface area contributed by atoms with Gasteiger partial charge in [0.05, 0.1) is 25.7 Å². The molecule has 0 fully saturated rings. The van der Waals surface area contributed by atoms with E-state index >= 15 is 0 Å². The van der Waals surface area contributed by atoms with Crippen LogP contribution in [0.5, 0.6) is 5.75 Å². The highest BCUT2D eigenvalue weighted by molar-refractivity contribution is 5.78. The Hall–Kier alpha value is -2.48. The van der Waals surface area contributed by atoms with Crippen LogP contribution in [0.2, 0.25) is 0 Å². The van der Waals surface area contributed by atoms with Gasteiger partial charge in [-0.3, -0.25) is 9.78 Å². The maximum absolute atomic E-state index is 12.9. The van der Waals surface area contributed by atoms with Gasteiger partial charge in [0.25, 0.3) is 0 Å². The molecule has 2 heterocycles. The number of rotatable bonds is 2. The number of fused-ring (bicyclic) bond motifs is 1. The van der Waals surface area contributed by atoms with E-state index in [0.29, 0.717) is 32.0 Å². The molecule has 0 radical (unpaired) electrons. The molecule has 7 nitrogen and oxygen atoms in total. The molecule has 7 heteroatoms. The average Bonchev–Trinajstić information content (AvgIpc) is 2.76. The summed E-state index contributed by atoms with van der Waals surface area (Å²) in [5.41, 5.74) is 1.78. The molecule has 0 aliphatic carbocycles. The maximum atomic E-state index is 12.9. The molecule has 162 valence electrons. The number of hydrogen-bond acceptors (Lipinski definition) is 6. The summed E-state index contributed by atoms with van der Waals surface area (Å²) in [5.74, 6) is 0.720. The van der Waals surface area contributed by atoms with Crippen LogP contribution in [0.4, 0.5) is 0 Å². The van der Waals surface area contributed by atoms with Crippen molar-refractivity contribution in [1.29, 1.82) is 0 Å². The van der Waals surface area contributed by atoms with Gasteiger partial charge in [0, 0.05) is 25.0 Å². The number of nitrogens with zero attached hydrogens (tertiary/aromatic N) is 2. The number of hydrogen-bond donors (Lipinski definition) is 2. The molecular formula is C23H30N2O5. The SMILES string of the molecule is O=C(Cc1ccccn1)N1CCOc2ccccc2CCCOC[C@@H](O)[C@@H](O)CC1. The van der Waals surface area contributed by atoms with E-state index < -0.39 is 12.2 Å². The van der Waals surface area contributed by atoms with E-state index in [-0.39, 0.29) is 25.4 Å². The van der Waals surface area contributed by atoms with Crippen molar-refractivity contribution in [2.75, 3.05) is 32.9 Å². The second-order valence-electron chi connectivity index (χ2n) is 7.44. The standard InChI is InChI=1S/C23H30N2O5/c26-20-10-12-25(23(28)16-19-8-3-4-11-24-19)13-15-30-22-9-2-1-6-18(22)7-5-14-29-17-21(20)27/h1-4,6,8-9,11,20-21,26-27H,5,7,10,12-17H2/t20-,21+/m0/s1. The van der Waals surface area contributed by atoms with Crippen molar-refractivity contribution in [2.24, 2.45) is 0 Å². The Morgan fingerprint density at radius 3 is 2.73 bits per heavy atom. The Kier molecular flexibility index (Phi) is 8.62. The number of amides is 1. The largest absolute Gasteiger partial charge is 0.491 e. The Morgan fingerprint density at radius 1 is 1.07 bits per heavy atom. The first-order valence-corrected chi connectivity index (χ1v) is 10.5. The highest BCUT2D eigenvalue weighted by atomic mass is 16.5. The Morgan fingerprint density at radius 2 is 1.90 bits per heavy atom. The lowest BCUT2D eigenvalue weighted by Crippen LogP contribution is -2.40. The van der Waals surface area contributed by atoms with E-state index in [9.17, 15) is 15.0 Å². The number of aromatic nitrogens is 1. The third kappa shape index (κ3) is 6.79. The fourth-order valence-electron chi connectivity index (χ4n) is 3.41. The number of aryl methyl sites for hydroxylation is 1. The lowest BCUT2D eigenvalue weighted by molar-refractivity contribution is -0.131. The molecular weight excluding hydrogens is 384 g/mol. The Bertz CT molecular complexity index is 786. The second kappa shape index (κ2) is 11.6. The summed E-state index contributed by atoms with van der Waals surface area (Å²) in [5, 5.41) is 20.4. The summed E-state index contributed by atoms with van der Waals surface area (Å²) in [6, 6.07) is 13.3. The zero-order valence-electron chi connectivity index (χ0n) is 17.2. The van der Waals surface area contributed by atoms with Gasteiger partial charge >= 0.3 is 0 Å². The first kappa shape index (κ1) is 22.2. The van der Waals surface area contributed by atoms with E-state index in [1.165, 1.54) is 0 Å². The lowest BCUT2D eigenvalue weighted by Gasteiger charge is -2.25. The van der Waals surface area contributed by atoms with Crippen molar-refractivity contribution in [3.8, 4) is 5.75 Å². The normalized spacial score (nSPS) is 21.6. The molecule has 1 aromatic heterocycles. The number of carbonyl (C=O) groups is 1. The topological polar surface area (TPSA) is 92.1 Å². The summed E-state index contributed by atoms with van der Waals surface area (Å²) in [4.78, 5) is 18.7. The van der Waals surface area contributed by atoms with Gasteiger partial charge in [0.15, 0.2) is 0 Å². The van der Waals surface area contributed by atoms with Crippen molar-refractivity contribution in [3.63, 3.8) is 0 Å². The average molecular weight is 415 g/mol. The lowest BCUT2D eigenvalue weighted by atomic mass is 10.1. The molecule has 2 aromatic rings. The van der Waals surface area contributed by atoms with Gasteiger partial charge in [0.2, 0.25) is 5.91 Å². The minimum atomic E-state index is -0.980. The van der Waals surface area contributed by atoms with Crippen LogP contribution in [-0.2, 0) is 22.4 Å². The van der Waals surface area contributed by atoms with Crippen molar-refractivity contribution in [3.05, 3.63) is 59.9 Å². The molecule has 30 heavy (non-hydrogen) atoms. The molecule has 1 aromatic carbocycles. The van der Waals surface area contributed by atoms with Crippen LogP contribution in [0.15, 0.2) is 48.7 Å². The van der Waals surface area contributed by atoms with Crippen LogP contribution >= 0.6 is 0 Å². The third-order valence-corrected chi connectivity index (χ3v) is 5.16. The van der Waals surface area contributed by atoms with E-state index in [4.69, 9.17) is 9.47 Å². The minimum absolute atomic E-state index is 0.0706. The van der Waals surface area contributed by atoms with Crippen molar-refractivity contribution in [2.45, 2.75) is 37.9 Å².